The van der Waals surface area contributed by atoms with Crippen LogP contribution in [0.15, 0.2) is 35.9 Å². The Kier molecular flexibility index (Phi) is 3.42. The monoisotopic (exact) mass is 339 g/mol. The van der Waals surface area contributed by atoms with Gasteiger partial charge in [-0.3, -0.25) is 14.9 Å². The summed E-state index contributed by atoms with van der Waals surface area (Å²) >= 11 is 0. The average Bonchev–Trinajstić information content (AvgIpc) is 2.88. The highest BCUT2D eigenvalue weighted by atomic mass is 16.6. The number of aromatic hydroxyl groups is 1. The van der Waals surface area contributed by atoms with Gasteiger partial charge in [0, 0.05) is 23.6 Å². The van der Waals surface area contributed by atoms with Crippen molar-refractivity contribution in [1.29, 1.82) is 0 Å². The highest BCUT2D eigenvalue weighted by Crippen LogP contribution is 2.38. The van der Waals surface area contributed by atoms with E-state index in [1.54, 1.807) is 12.1 Å². The number of hydrogen-bond acceptors (Lipinski definition) is 6. The van der Waals surface area contributed by atoms with Gasteiger partial charge in [0.25, 0.3) is 0 Å². The first-order valence-electron chi connectivity index (χ1n) is 7.68. The normalized spacial score (nSPS) is 16.8. The summed E-state index contributed by atoms with van der Waals surface area (Å²) in [5, 5.41) is 20.5. The minimum atomic E-state index is -0.659. The lowest BCUT2D eigenvalue weighted by Gasteiger charge is -2.18. The van der Waals surface area contributed by atoms with Crippen LogP contribution < -0.4 is 9.47 Å². The number of nitrogens with zero attached hydrogens (tertiary/aromatic N) is 1. The van der Waals surface area contributed by atoms with Crippen molar-refractivity contribution >= 4 is 17.5 Å². The third kappa shape index (κ3) is 2.59. The fourth-order valence-corrected chi connectivity index (χ4v) is 3.05. The predicted octanol–water partition coefficient (Wildman–Crippen LogP) is 2.89. The van der Waals surface area contributed by atoms with Gasteiger partial charge in [-0.05, 0) is 41.5 Å². The van der Waals surface area contributed by atoms with Crippen LogP contribution >= 0.6 is 0 Å². The number of phenols is 1. The fourth-order valence-electron chi connectivity index (χ4n) is 3.05. The quantitative estimate of drug-likeness (QED) is 0.513. The van der Waals surface area contributed by atoms with Crippen molar-refractivity contribution in [2.75, 3.05) is 13.2 Å². The van der Waals surface area contributed by atoms with Crippen LogP contribution in [0.5, 0.6) is 17.2 Å². The first-order chi connectivity index (χ1) is 12.0. The Hall–Kier alpha value is -3.35. The molecule has 2 aliphatic rings. The fraction of sp³-hybridized carbons (Fsp3) is 0.167. The van der Waals surface area contributed by atoms with Crippen molar-refractivity contribution < 1.29 is 24.3 Å². The second-order valence-electron chi connectivity index (χ2n) is 5.83. The van der Waals surface area contributed by atoms with Crippen molar-refractivity contribution in [2.45, 2.75) is 6.42 Å². The third-order valence-electron chi connectivity index (χ3n) is 4.22. The largest absolute Gasteiger partial charge is 0.502 e. The summed E-state index contributed by atoms with van der Waals surface area (Å²) in [5.74, 6) is 0.643. The number of ether oxygens (including phenoxy) is 2. The van der Waals surface area contributed by atoms with E-state index in [0.29, 0.717) is 47.8 Å². The van der Waals surface area contributed by atoms with E-state index in [1.165, 1.54) is 18.2 Å². The lowest BCUT2D eigenvalue weighted by Crippen LogP contribution is -2.15. The standard InChI is InChI=1S/C18H13NO6/c20-15-6-10(1-2-14(15)19(22)23)5-12-7-11-8-16-17(25-4-3-24-16)9-13(11)18(12)21/h1-2,5-6,8-9,20H,3-4,7H2/b12-5-. The first-order valence-corrected chi connectivity index (χ1v) is 7.68. The first kappa shape index (κ1) is 15.2. The van der Waals surface area contributed by atoms with E-state index in [-0.39, 0.29) is 11.5 Å². The highest BCUT2D eigenvalue weighted by molar-refractivity contribution is 6.16. The number of fused-ring (bicyclic) bond motifs is 2. The second kappa shape index (κ2) is 5.62. The molecule has 0 saturated heterocycles. The molecule has 2 aromatic rings. The number of hydrogen-bond donors (Lipinski definition) is 1. The van der Waals surface area contributed by atoms with E-state index in [4.69, 9.17) is 9.47 Å². The van der Waals surface area contributed by atoms with Crippen molar-refractivity contribution in [3.63, 3.8) is 0 Å². The van der Waals surface area contributed by atoms with Crippen LogP contribution in [0.1, 0.15) is 21.5 Å². The molecule has 1 aliphatic heterocycles. The highest BCUT2D eigenvalue weighted by Gasteiger charge is 2.28. The number of rotatable bonds is 2. The van der Waals surface area contributed by atoms with Crippen molar-refractivity contribution in [3.05, 3.63) is 62.7 Å². The Morgan fingerprint density at radius 3 is 2.52 bits per heavy atom. The predicted molar refractivity (Wildman–Crippen MR) is 88.2 cm³/mol. The number of nitro groups is 1. The maximum Gasteiger partial charge on any atom is 0.310 e. The molecule has 7 heteroatoms. The van der Waals surface area contributed by atoms with Gasteiger partial charge in [0.2, 0.25) is 0 Å². The van der Waals surface area contributed by atoms with E-state index in [1.807, 2.05) is 6.07 Å². The summed E-state index contributed by atoms with van der Waals surface area (Å²) in [6.07, 6.45) is 2.06. The van der Waals surface area contributed by atoms with Crippen LogP contribution in [0.2, 0.25) is 0 Å². The minimum absolute atomic E-state index is 0.121. The third-order valence-corrected chi connectivity index (χ3v) is 4.22. The van der Waals surface area contributed by atoms with E-state index >= 15 is 0 Å². The molecule has 0 radical (unpaired) electrons. The molecule has 4 rings (SSSR count). The molecular formula is C18H13NO6. The van der Waals surface area contributed by atoms with Crippen LogP contribution in [0.3, 0.4) is 0 Å². The molecule has 7 nitrogen and oxygen atoms in total. The molecule has 25 heavy (non-hydrogen) atoms. The number of allylic oxidation sites excluding steroid dienone is 1. The van der Waals surface area contributed by atoms with Gasteiger partial charge >= 0.3 is 5.69 Å². The van der Waals surface area contributed by atoms with Gasteiger partial charge < -0.3 is 14.6 Å². The summed E-state index contributed by atoms with van der Waals surface area (Å²) in [6.45, 7) is 0.926. The molecular weight excluding hydrogens is 326 g/mol. The summed E-state index contributed by atoms with van der Waals surface area (Å²) < 4.78 is 11.0. The van der Waals surface area contributed by atoms with Crippen molar-refractivity contribution in [2.24, 2.45) is 0 Å². The number of benzene rings is 2. The number of carbonyl (C=O) groups excluding carboxylic acids is 1. The van der Waals surface area contributed by atoms with Gasteiger partial charge in [-0.2, -0.15) is 0 Å². The summed E-state index contributed by atoms with van der Waals surface area (Å²) in [6, 6.07) is 7.50. The minimum Gasteiger partial charge on any atom is -0.502 e. The van der Waals surface area contributed by atoms with Gasteiger partial charge in [0.1, 0.15) is 13.2 Å². The molecule has 2 aromatic carbocycles. The SMILES string of the molecule is O=C1/C(=C\c2ccc([N+](=O)[O-])c(O)c2)Cc2cc3c(cc21)OCCO3. The van der Waals surface area contributed by atoms with Crippen molar-refractivity contribution in [3.8, 4) is 17.2 Å². The van der Waals surface area contributed by atoms with Gasteiger partial charge in [0.15, 0.2) is 23.0 Å². The van der Waals surface area contributed by atoms with E-state index in [9.17, 15) is 20.0 Å². The van der Waals surface area contributed by atoms with E-state index in [0.717, 1.165) is 5.56 Å². The molecule has 0 bridgehead atoms. The lowest BCUT2D eigenvalue weighted by atomic mass is 10.1. The second-order valence-corrected chi connectivity index (χ2v) is 5.83. The average molecular weight is 339 g/mol. The summed E-state index contributed by atoms with van der Waals surface area (Å²) in [4.78, 5) is 22.7. The molecule has 0 atom stereocenters. The molecule has 126 valence electrons. The smallest absolute Gasteiger partial charge is 0.310 e. The molecule has 1 aliphatic carbocycles. The number of ketones is 1. The Bertz CT molecular complexity index is 947. The Morgan fingerprint density at radius 2 is 1.84 bits per heavy atom. The number of Topliss-reactive ketones (excluding diaryl/α,β-unsaturated/α-hetero) is 1. The Balaban J connectivity index is 1.68. The van der Waals surface area contributed by atoms with Gasteiger partial charge in [-0.25, -0.2) is 0 Å². The van der Waals surface area contributed by atoms with Crippen LogP contribution in [0, 0.1) is 10.1 Å². The molecule has 0 amide bonds. The molecule has 1 heterocycles. The molecule has 0 unspecified atom stereocenters. The number of phenolic OH excluding ortho intramolecular Hbond substituents is 1. The Morgan fingerprint density at radius 1 is 1.12 bits per heavy atom. The van der Waals surface area contributed by atoms with Crippen molar-refractivity contribution in [1.82, 2.24) is 0 Å². The van der Waals surface area contributed by atoms with Crippen LogP contribution in [-0.4, -0.2) is 29.0 Å². The van der Waals surface area contributed by atoms with E-state index < -0.39 is 10.7 Å². The van der Waals surface area contributed by atoms with Crippen LogP contribution in [0.25, 0.3) is 6.08 Å². The summed E-state index contributed by atoms with van der Waals surface area (Å²) in [7, 11) is 0. The molecule has 0 spiro atoms. The molecule has 1 N–H and O–H groups in total. The van der Waals surface area contributed by atoms with Crippen LogP contribution in [-0.2, 0) is 6.42 Å². The maximum atomic E-state index is 12.6. The van der Waals surface area contributed by atoms with E-state index in [2.05, 4.69) is 0 Å². The lowest BCUT2D eigenvalue weighted by molar-refractivity contribution is -0.385. The van der Waals surface area contributed by atoms with Gasteiger partial charge in [-0.15, -0.1) is 0 Å². The zero-order valence-corrected chi connectivity index (χ0v) is 13.0. The summed E-state index contributed by atoms with van der Waals surface area (Å²) in [5.41, 5.74) is 2.13. The van der Waals surface area contributed by atoms with Gasteiger partial charge in [-0.1, -0.05) is 0 Å². The number of nitro benzene ring substituents is 1. The van der Waals surface area contributed by atoms with Crippen LogP contribution in [0.4, 0.5) is 5.69 Å². The zero-order chi connectivity index (χ0) is 17.6. The molecule has 0 aromatic heterocycles. The number of carbonyl (C=O) groups is 1. The Labute approximate surface area is 142 Å². The zero-order valence-electron chi connectivity index (χ0n) is 13.0. The van der Waals surface area contributed by atoms with Gasteiger partial charge in [0.05, 0.1) is 4.92 Å². The molecule has 0 fully saturated rings. The topological polar surface area (TPSA) is 98.9 Å². The molecule has 0 saturated carbocycles. The maximum absolute atomic E-state index is 12.6.